The van der Waals surface area contributed by atoms with Crippen molar-refractivity contribution in [1.82, 2.24) is 9.78 Å². The van der Waals surface area contributed by atoms with E-state index in [-0.39, 0.29) is 12.1 Å². The highest BCUT2D eigenvalue weighted by Gasteiger charge is 2.35. The summed E-state index contributed by atoms with van der Waals surface area (Å²) in [4.78, 5) is 0. The van der Waals surface area contributed by atoms with Gasteiger partial charge in [-0.1, -0.05) is 0 Å². The molecule has 1 aliphatic carbocycles. The van der Waals surface area contributed by atoms with E-state index < -0.39 is 0 Å². The first-order valence-electron chi connectivity index (χ1n) is 5.59. The summed E-state index contributed by atoms with van der Waals surface area (Å²) in [6.07, 6.45) is 2.88. The Balaban J connectivity index is 1.99. The van der Waals surface area contributed by atoms with Crippen LogP contribution in [0, 0.1) is 6.92 Å². The van der Waals surface area contributed by atoms with Crippen LogP contribution in [0.15, 0.2) is 11.1 Å². The van der Waals surface area contributed by atoms with Crippen molar-refractivity contribution in [3.8, 4) is 0 Å². The fourth-order valence-electron chi connectivity index (χ4n) is 2.22. The predicted molar refractivity (Wildman–Crippen MR) is 65.4 cm³/mol. The first-order chi connectivity index (χ1) is 7.52. The van der Waals surface area contributed by atoms with Gasteiger partial charge in [0, 0.05) is 17.8 Å². The quantitative estimate of drug-likeness (QED) is 0.830. The number of rotatable bonds is 3. The van der Waals surface area contributed by atoms with Gasteiger partial charge in [-0.05, 0) is 32.3 Å². The molecule has 2 atom stereocenters. The molecule has 0 bridgehead atoms. The number of aliphatic hydroxyl groups excluding tert-OH is 1. The van der Waals surface area contributed by atoms with Crippen molar-refractivity contribution < 1.29 is 5.11 Å². The van der Waals surface area contributed by atoms with E-state index in [1.807, 2.05) is 30.4 Å². The van der Waals surface area contributed by atoms with Gasteiger partial charge in [0.2, 0.25) is 0 Å². The van der Waals surface area contributed by atoms with Crippen LogP contribution in [0.2, 0.25) is 0 Å². The molecule has 0 spiro atoms. The Morgan fingerprint density at radius 2 is 2.50 bits per heavy atom. The number of aromatic nitrogens is 2. The molecule has 1 aromatic heterocycles. The van der Waals surface area contributed by atoms with Gasteiger partial charge in [0.05, 0.1) is 17.3 Å². The van der Waals surface area contributed by atoms with Crippen LogP contribution in [-0.2, 0) is 7.05 Å². The second-order valence-electron chi connectivity index (χ2n) is 4.75. The van der Waals surface area contributed by atoms with Crippen molar-refractivity contribution in [3.05, 3.63) is 11.8 Å². The third kappa shape index (κ3) is 2.42. The fourth-order valence-corrected chi connectivity index (χ4v) is 3.64. The number of thioether (sulfide) groups is 1. The number of hydrogen-bond acceptors (Lipinski definition) is 4. The highest BCUT2D eigenvalue weighted by Crippen LogP contribution is 2.38. The van der Waals surface area contributed by atoms with E-state index in [4.69, 9.17) is 5.73 Å². The maximum Gasteiger partial charge on any atom is 0.0942 e. The number of nitrogens with zero attached hydrogens (tertiary/aromatic N) is 2. The lowest BCUT2D eigenvalue weighted by atomic mass is 10.0. The molecule has 3 N–H and O–H groups in total. The fraction of sp³-hybridized carbons (Fsp3) is 0.727. The van der Waals surface area contributed by atoms with E-state index in [2.05, 4.69) is 11.2 Å². The van der Waals surface area contributed by atoms with Crippen LogP contribution in [0.5, 0.6) is 0 Å². The molecule has 1 saturated carbocycles. The zero-order valence-electron chi connectivity index (χ0n) is 9.81. The summed E-state index contributed by atoms with van der Waals surface area (Å²) >= 11 is 1.83. The van der Waals surface area contributed by atoms with Crippen LogP contribution in [0.25, 0.3) is 0 Å². The zero-order valence-corrected chi connectivity index (χ0v) is 10.6. The van der Waals surface area contributed by atoms with Gasteiger partial charge in [-0.2, -0.15) is 5.10 Å². The van der Waals surface area contributed by atoms with Crippen LogP contribution in [0.1, 0.15) is 25.0 Å². The molecular formula is C11H19N3OS. The Kier molecular flexibility index (Phi) is 3.28. The molecule has 1 heterocycles. The average Bonchev–Trinajstić information content (AvgIpc) is 2.73. The molecule has 0 amide bonds. The third-order valence-corrected chi connectivity index (χ3v) is 4.52. The Labute approximate surface area is 100 Å². The van der Waals surface area contributed by atoms with Crippen molar-refractivity contribution in [2.45, 2.75) is 42.0 Å². The van der Waals surface area contributed by atoms with Crippen molar-refractivity contribution in [2.75, 3.05) is 6.61 Å². The number of nitrogens with two attached hydrogens (primary N) is 1. The summed E-state index contributed by atoms with van der Waals surface area (Å²) in [5.41, 5.74) is 6.75. The van der Waals surface area contributed by atoms with Gasteiger partial charge in [0.15, 0.2) is 0 Å². The van der Waals surface area contributed by atoms with Crippen molar-refractivity contribution in [2.24, 2.45) is 12.8 Å². The Bertz CT molecular complexity index is 379. The summed E-state index contributed by atoms with van der Waals surface area (Å²) < 4.78 is 1.91. The van der Waals surface area contributed by atoms with Crippen LogP contribution in [0.4, 0.5) is 0 Å². The van der Waals surface area contributed by atoms with Crippen LogP contribution < -0.4 is 5.73 Å². The molecule has 90 valence electrons. The summed E-state index contributed by atoms with van der Waals surface area (Å²) in [7, 11) is 1.96. The average molecular weight is 241 g/mol. The molecule has 1 aliphatic rings. The zero-order chi connectivity index (χ0) is 11.8. The van der Waals surface area contributed by atoms with E-state index in [9.17, 15) is 5.11 Å². The summed E-state index contributed by atoms with van der Waals surface area (Å²) in [6.45, 7) is 2.09. The smallest absolute Gasteiger partial charge is 0.0942 e. The van der Waals surface area contributed by atoms with E-state index in [0.717, 1.165) is 25.0 Å². The van der Waals surface area contributed by atoms with Gasteiger partial charge in [0.1, 0.15) is 0 Å². The molecule has 1 aromatic rings. The molecule has 4 nitrogen and oxygen atoms in total. The lowest BCUT2D eigenvalue weighted by Gasteiger charge is -2.20. The summed E-state index contributed by atoms with van der Waals surface area (Å²) in [5, 5.41) is 15.2. The minimum atomic E-state index is -0.356. The number of aryl methyl sites for hydroxylation is 2. The van der Waals surface area contributed by atoms with Crippen molar-refractivity contribution in [3.63, 3.8) is 0 Å². The van der Waals surface area contributed by atoms with Gasteiger partial charge in [0.25, 0.3) is 0 Å². The molecule has 1 fully saturated rings. The molecule has 2 rings (SSSR count). The topological polar surface area (TPSA) is 64.1 Å². The van der Waals surface area contributed by atoms with Gasteiger partial charge in [-0.25, -0.2) is 0 Å². The van der Waals surface area contributed by atoms with Gasteiger partial charge in [-0.3, -0.25) is 4.68 Å². The highest BCUT2D eigenvalue weighted by atomic mass is 32.2. The molecule has 16 heavy (non-hydrogen) atoms. The van der Waals surface area contributed by atoms with Gasteiger partial charge >= 0.3 is 0 Å². The normalized spacial score (nSPS) is 29.9. The van der Waals surface area contributed by atoms with Crippen LogP contribution in [0.3, 0.4) is 0 Å². The molecule has 2 unspecified atom stereocenters. The Morgan fingerprint density at radius 1 is 1.75 bits per heavy atom. The third-order valence-electron chi connectivity index (χ3n) is 3.16. The standard InChI is InChI=1S/C11H19N3OS/c1-8-5-10(14(2)13-8)16-9-3-4-11(12,6-9)7-15/h5,9,15H,3-4,6-7,12H2,1-2H3. The summed E-state index contributed by atoms with van der Waals surface area (Å²) in [5.74, 6) is 0. The molecule has 0 aliphatic heterocycles. The Morgan fingerprint density at radius 3 is 3.00 bits per heavy atom. The largest absolute Gasteiger partial charge is 0.394 e. The van der Waals surface area contributed by atoms with Crippen LogP contribution >= 0.6 is 11.8 Å². The monoisotopic (exact) mass is 241 g/mol. The minimum Gasteiger partial charge on any atom is -0.394 e. The van der Waals surface area contributed by atoms with E-state index in [1.54, 1.807) is 0 Å². The van der Waals surface area contributed by atoms with E-state index >= 15 is 0 Å². The highest BCUT2D eigenvalue weighted by molar-refractivity contribution is 7.99. The van der Waals surface area contributed by atoms with Crippen LogP contribution in [-0.4, -0.2) is 32.3 Å². The maximum absolute atomic E-state index is 9.22. The molecular weight excluding hydrogens is 222 g/mol. The molecule has 0 aromatic carbocycles. The second kappa shape index (κ2) is 4.39. The van der Waals surface area contributed by atoms with Crippen molar-refractivity contribution in [1.29, 1.82) is 0 Å². The SMILES string of the molecule is Cc1cc(SC2CCC(N)(CO)C2)n(C)n1. The van der Waals surface area contributed by atoms with Gasteiger partial charge in [-0.15, -0.1) is 11.8 Å². The maximum atomic E-state index is 9.22. The number of hydrogen-bond donors (Lipinski definition) is 2. The lowest BCUT2D eigenvalue weighted by molar-refractivity contribution is 0.200. The molecule has 0 radical (unpaired) electrons. The second-order valence-corrected chi connectivity index (χ2v) is 6.07. The Hall–Kier alpha value is -0.520. The predicted octanol–water partition coefficient (Wildman–Crippen LogP) is 1.06. The van der Waals surface area contributed by atoms with E-state index in [0.29, 0.717) is 5.25 Å². The summed E-state index contributed by atoms with van der Waals surface area (Å²) in [6, 6.07) is 2.10. The first-order valence-corrected chi connectivity index (χ1v) is 6.47. The number of aliphatic hydroxyl groups is 1. The molecule has 0 saturated heterocycles. The van der Waals surface area contributed by atoms with E-state index in [1.165, 1.54) is 5.03 Å². The molecule has 5 heteroatoms. The first kappa shape index (κ1) is 12.0. The van der Waals surface area contributed by atoms with Crippen molar-refractivity contribution >= 4 is 11.8 Å². The lowest BCUT2D eigenvalue weighted by Crippen LogP contribution is -2.40. The minimum absolute atomic E-state index is 0.0917. The van der Waals surface area contributed by atoms with Gasteiger partial charge < -0.3 is 10.8 Å².